The first-order valence-electron chi connectivity index (χ1n) is 6.88. The fourth-order valence-electron chi connectivity index (χ4n) is 1.80. The molecule has 0 atom stereocenters. The van der Waals surface area contributed by atoms with Crippen LogP contribution in [0.4, 0.5) is 22.7 Å². The second kappa shape index (κ2) is 7.33. The van der Waals surface area contributed by atoms with E-state index in [0.717, 1.165) is 11.4 Å². The Labute approximate surface area is 129 Å². The van der Waals surface area contributed by atoms with E-state index in [0.29, 0.717) is 11.4 Å². The highest BCUT2D eigenvalue weighted by Crippen LogP contribution is 2.30. The molecule has 2 aromatic rings. The average molecular weight is 297 g/mol. The first-order chi connectivity index (χ1) is 10.6. The second-order valence-electron chi connectivity index (χ2n) is 4.88. The topological polar surface area (TPSA) is 83.1 Å². The van der Waals surface area contributed by atoms with Gasteiger partial charge in [0.1, 0.15) is 5.69 Å². The second-order valence-corrected chi connectivity index (χ2v) is 4.88. The van der Waals surface area contributed by atoms with Crippen LogP contribution in [0.15, 0.2) is 58.8 Å². The standard InChI is InChI=1S/C16H19N5O/c1-21(2)13-8-9-14(15(10-13)18-16(22)11-17)20-19-12-6-4-3-5-7-12/h3-10H,11,17H2,1-2H3,(H,18,22)/b20-19+. The van der Waals surface area contributed by atoms with Gasteiger partial charge in [0.15, 0.2) is 0 Å². The third kappa shape index (κ3) is 4.13. The minimum atomic E-state index is -0.271. The van der Waals surface area contributed by atoms with E-state index in [1.807, 2.05) is 67.5 Å². The summed E-state index contributed by atoms with van der Waals surface area (Å²) in [7, 11) is 3.85. The van der Waals surface area contributed by atoms with E-state index >= 15 is 0 Å². The molecule has 6 heteroatoms. The third-order valence-electron chi connectivity index (χ3n) is 2.99. The molecule has 0 unspecified atom stereocenters. The van der Waals surface area contributed by atoms with Gasteiger partial charge in [-0.3, -0.25) is 4.79 Å². The predicted molar refractivity (Wildman–Crippen MR) is 89.1 cm³/mol. The lowest BCUT2D eigenvalue weighted by atomic mass is 10.2. The van der Waals surface area contributed by atoms with Crippen LogP contribution in [0.2, 0.25) is 0 Å². The molecule has 0 fully saturated rings. The minimum absolute atomic E-state index is 0.0819. The highest BCUT2D eigenvalue weighted by Gasteiger charge is 2.08. The van der Waals surface area contributed by atoms with Gasteiger partial charge in [-0.25, -0.2) is 0 Å². The number of anilines is 2. The molecule has 0 radical (unpaired) electrons. The first-order valence-corrected chi connectivity index (χ1v) is 6.88. The van der Waals surface area contributed by atoms with E-state index in [2.05, 4.69) is 15.5 Å². The van der Waals surface area contributed by atoms with Crippen molar-refractivity contribution in [2.75, 3.05) is 30.9 Å². The molecule has 114 valence electrons. The lowest BCUT2D eigenvalue weighted by molar-refractivity contribution is -0.114. The number of rotatable bonds is 5. The van der Waals surface area contributed by atoms with Crippen molar-refractivity contribution in [2.24, 2.45) is 16.0 Å². The van der Waals surface area contributed by atoms with Crippen LogP contribution in [0.3, 0.4) is 0 Å². The summed E-state index contributed by atoms with van der Waals surface area (Å²) in [6.45, 7) is -0.0819. The molecule has 0 aliphatic heterocycles. The highest BCUT2D eigenvalue weighted by molar-refractivity contribution is 5.95. The zero-order valence-corrected chi connectivity index (χ0v) is 12.7. The molecule has 1 amide bonds. The number of hydrogen-bond donors (Lipinski definition) is 2. The molecule has 0 heterocycles. The number of benzene rings is 2. The van der Waals surface area contributed by atoms with Gasteiger partial charge in [-0.1, -0.05) is 18.2 Å². The molecular formula is C16H19N5O. The summed E-state index contributed by atoms with van der Waals surface area (Å²) < 4.78 is 0. The largest absolute Gasteiger partial charge is 0.378 e. The van der Waals surface area contributed by atoms with Gasteiger partial charge in [0.05, 0.1) is 17.9 Å². The summed E-state index contributed by atoms with van der Waals surface area (Å²) >= 11 is 0. The van der Waals surface area contributed by atoms with Gasteiger partial charge in [-0.2, -0.15) is 5.11 Å². The van der Waals surface area contributed by atoms with Crippen LogP contribution in [0, 0.1) is 0 Å². The van der Waals surface area contributed by atoms with Crippen LogP contribution in [0.5, 0.6) is 0 Å². The summed E-state index contributed by atoms with van der Waals surface area (Å²) in [5, 5.41) is 11.1. The molecule has 0 spiro atoms. The Morgan fingerprint density at radius 2 is 1.86 bits per heavy atom. The Kier molecular flexibility index (Phi) is 5.21. The Morgan fingerprint density at radius 1 is 1.14 bits per heavy atom. The fourth-order valence-corrected chi connectivity index (χ4v) is 1.80. The number of hydrogen-bond acceptors (Lipinski definition) is 5. The molecule has 6 nitrogen and oxygen atoms in total. The van der Waals surface area contributed by atoms with Crippen molar-refractivity contribution in [1.29, 1.82) is 0 Å². The van der Waals surface area contributed by atoms with Crippen molar-refractivity contribution in [3.8, 4) is 0 Å². The zero-order valence-electron chi connectivity index (χ0n) is 12.7. The molecule has 2 aromatic carbocycles. The van der Waals surface area contributed by atoms with E-state index in [-0.39, 0.29) is 12.5 Å². The molecule has 0 aliphatic carbocycles. The van der Waals surface area contributed by atoms with E-state index < -0.39 is 0 Å². The zero-order chi connectivity index (χ0) is 15.9. The quantitative estimate of drug-likeness (QED) is 0.832. The van der Waals surface area contributed by atoms with E-state index in [1.165, 1.54) is 0 Å². The van der Waals surface area contributed by atoms with Crippen molar-refractivity contribution < 1.29 is 4.79 Å². The van der Waals surface area contributed by atoms with Crippen LogP contribution in [0.1, 0.15) is 0 Å². The molecule has 22 heavy (non-hydrogen) atoms. The summed E-state index contributed by atoms with van der Waals surface area (Å²) in [6, 6.07) is 15.0. The van der Waals surface area contributed by atoms with Crippen LogP contribution in [-0.4, -0.2) is 26.5 Å². The van der Waals surface area contributed by atoms with Crippen molar-refractivity contribution in [1.82, 2.24) is 0 Å². The summed E-state index contributed by atoms with van der Waals surface area (Å²) in [5.74, 6) is -0.271. The number of azo groups is 1. The molecular weight excluding hydrogens is 278 g/mol. The maximum atomic E-state index is 11.6. The van der Waals surface area contributed by atoms with Gasteiger partial charge in [0.2, 0.25) is 5.91 Å². The van der Waals surface area contributed by atoms with Crippen LogP contribution >= 0.6 is 0 Å². The number of carbonyl (C=O) groups excluding carboxylic acids is 1. The molecule has 0 saturated heterocycles. The Hall–Kier alpha value is -2.73. The van der Waals surface area contributed by atoms with Gasteiger partial charge in [-0.15, -0.1) is 5.11 Å². The van der Waals surface area contributed by atoms with E-state index in [1.54, 1.807) is 0 Å². The number of amides is 1. The minimum Gasteiger partial charge on any atom is -0.378 e. The lowest BCUT2D eigenvalue weighted by Gasteiger charge is -2.15. The lowest BCUT2D eigenvalue weighted by Crippen LogP contribution is -2.22. The first kappa shape index (κ1) is 15.7. The molecule has 3 N–H and O–H groups in total. The summed E-state index contributed by atoms with van der Waals surface area (Å²) in [4.78, 5) is 13.5. The van der Waals surface area contributed by atoms with Gasteiger partial charge >= 0.3 is 0 Å². The molecule has 0 aromatic heterocycles. The number of nitrogens with one attached hydrogen (secondary N) is 1. The Balaban J connectivity index is 2.32. The van der Waals surface area contributed by atoms with Crippen molar-refractivity contribution in [3.63, 3.8) is 0 Å². The van der Waals surface area contributed by atoms with Crippen molar-refractivity contribution >= 4 is 28.7 Å². The van der Waals surface area contributed by atoms with Crippen LogP contribution in [0.25, 0.3) is 0 Å². The highest BCUT2D eigenvalue weighted by atomic mass is 16.1. The molecule has 0 bridgehead atoms. The predicted octanol–water partition coefficient (Wildman–Crippen LogP) is 3.07. The molecule has 2 rings (SSSR count). The average Bonchev–Trinajstić information content (AvgIpc) is 2.54. The van der Waals surface area contributed by atoms with Gasteiger partial charge < -0.3 is 16.0 Å². The van der Waals surface area contributed by atoms with Gasteiger partial charge in [-0.05, 0) is 30.3 Å². The van der Waals surface area contributed by atoms with E-state index in [9.17, 15) is 4.79 Å². The Morgan fingerprint density at radius 3 is 2.50 bits per heavy atom. The van der Waals surface area contributed by atoms with Crippen molar-refractivity contribution in [3.05, 3.63) is 48.5 Å². The number of nitrogens with zero attached hydrogens (tertiary/aromatic N) is 3. The number of carbonyl (C=O) groups is 1. The monoisotopic (exact) mass is 297 g/mol. The Bertz CT molecular complexity index is 667. The fraction of sp³-hybridized carbons (Fsp3) is 0.188. The maximum Gasteiger partial charge on any atom is 0.238 e. The van der Waals surface area contributed by atoms with Crippen molar-refractivity contribution in [2.45, 2.75) is 0 Å². The maximum absolute atomic E-state index is 11.6. The van der Waals surface area contributed by atoms with Crippen LogP contribution < -0.4 is 16.0 Å². The summed E-state index contributed by atoms with van der Waals surface area (Å²) in [5.41, 5.74) is 8.22. The normalized spacial score (nSPS) is 10.7. The summed E-state index contributed by atoms with van der Waals surface area (Å²) in [6.07, 6.45) is 0. The van der Waals surface area contributed by atoms with Gasteiger partial charge in [0, 0.05) is 19.8 Å². The van der Waals surface area contributed by atoms with Gasteiger partial charge in [0.25, 0.3) is 0 Å². The smallest absolute Gasteiger partial charge is 0.238 e. The molecule has 0 aliphatic rings. The van der Waals surface area contributed by atoms with E-state index in [4.69, 9.17) is 5.73 Å². The molecule has 0 saturated carbocycles. The third-order valence-corrected chi connectivity index (χ3v) is 2.99. The number of nitrogens with two attached hydrogens (primary N) is 1. The van der Waals surface area contributed by atoms with Crippen LogP contribution in [-0.2, 0) is 4.79 Å². The SMILES string of the molecule is CN(C)c1ccc(/N=N/c2ccccc2)c(NC(=O)CN)c1.